The van der Waals surface area contributed by atoms with Crippen LogP contribution in [0.2, 0.25) is 10.2 Å². The summed E-state index contributed by atoms with van der Waals surface area (Å²) in [6, 6.07) is 1.48. The molecule has 0 bridgehead atoms. The number of pyridine rings is 1. The molecule has 2 atom stereocenters. The standard InChI is InChI=1S/C12H14Cl2N2O2/c1-7(10-3-2-4-18-10)16-12(17)8-5-9(13)11(14)15-6-8/h5-7,10H,2-4H2,1H3,(H,16,17)/t7-,10+/m1/s1. The van der Waals surface area contributed by atoms with Gasteiger partial charge in [0.2, 0.25) is 0 Å². The molecule has 0 aromatic carbocycles. The first-order chi connectivity index (χ1) is 8.58. The first-order valence-corrected chi connectivity index (χ1v) is 6.57. The predicted octanol–water partition coefficient (Wildman–Crippen LogP) is 2.69. The smallest absolute Gasteiger partial charge is 0.253 e. The van der Waals surface area contributed by atoms with E-state index in [4.69, 9.17) is 27.9 Å². The highest BCUT2D eigenvalue weighted by molar-refractivity contribution is 6.41. The largest absolute Gasteiger partial charge is 0.376 e. The zero-order valence-corrected chi connectivity index (χ0v) is 11.5. The Labute approximate surface area is 116 Å². The van der Waals surface area contributed by atoms with Gasteiger partial charge in [-0.1, -0.05) is 23.2 Å². The van der Waals surface area contributed by atoms with E-state index in [1.165, 1.54) is 12.3 Å². The van der Waals surface area contributed by atoms with Crippen LogP contribution in [0.15, 0.2) is 12.3 Å². The van der Waals surface area contributed by atoms with Crippen molar-refractivity contribution in [2.75, 3.05) is 6.61 Å². The Kier molecular flexibility index (Phi) is 4.43. The van der Waals surface area contributed by atoms with Gasteiger partial charge in [-0.3, -0.25) is 4.79 Å². The molecule has 1 amide bonds. The number of hydrogen-bond donors (Lipinski definition) is 1. The second kappa shape index (κ2) is 5.87. The number of carbonyl (C=O) groups is 1. The highest BCUT2D eigenvalue weighted by Crippen LogP contribution is 2.20. The van der Waals surface area contributed by atoms with Gasteiger partial charge in [-0.25, -0.2) is 4.98 Å². The summed E-state index contributed by atoms with van der Waals surface area (Å²) in [5.74, 6) is -0.218. The fourth-order valence-electron chi connectivity index (χ4n) is 1.93. The van der Waals surface area contributed by atoms with Crippen LogP contribution < -0.4 is 5.32 Å². The highest BCUT2D eigenvalue weighted by atomic mass is 35.5. The molecule has 0 unspecified atom stereocenters. The fraction of sp³-hybridized carbons (Fsp3) is 0.500. The van der Waals surface area contributed by atoms with Gasteiger partial charge in [0.05, 0.1) is 22.7 Å². The number of aromatic nitrogens is 1. The van der Waals surface area contributed by atoms with Gasteiger partial charge in [0.15, 0.2) is 0 Å². The van der Waals surface area contributed by atoms with Crippen LogP contribution in [0, 0.1) is 0 Å². The Balaban J connectivity index is 2.00. The molecule has 0 aliphatic carbocycles. The molecule has 0 saturated carbocycles. The molecule has 1 aliphatic rings. The minimum absolute atomic E-state index is 0.0329. The molecule has 1 saturated heterocycles. The number of amides is 1. The van der Waals surface area contributed by atoms with E-state index >= 15 is 0 Å². The molecular formula is C12H14Cl2N2O2. The van der Waals surface area contributed by atoms with E-state index in [9.17, 15) is 4.79 Å². The maximum absolute atomic E-state index is 12.0. The van der Waals surface area contributed by atoms with Crippen molar-refractivity contribution in [2.24, 2.45) is 0 Å². The summed E-state index contributed by atoms with van der Waals surface area (Å²) in [4.78, 5) is 15.8. The zero-order valence-electron chi connectivity index (χ0n) is 9.95. The van der Waals surface area contributed by atoms with Crippen molar-refractivity contribution in [3.05, 3.63) is 28.0 Å². The Bertz CT molecular complexity index is 448. The summed E-state index contributed by atoms with van der Waals surface area (Å²) < 4.78 is 5.52. The average molecular weight is 289 g/mol. The molecule has 1 aromatic heterocycles. The number of ether oxygens (including phenoxy) is 1. The Hall–Kier alpha value is -0.840. The van der Waals surface area contributed by atoms with Gasteiger partial charge in [-0.15, -0.1) is 0 Å². The van der Waals surface area contributed by atoms with Gasteiger partial charge < -0.3 is 10.1 Å². The Morgan fingerprint density at radius 2 is 2.39 bits per heavy atom. The topological polar surface area (TPSA) is 51.2 Å². The predicted molar refractivity (Wildman–Crippen MR) is 70.2 cm³/mol. The molecule has 18 heavy (non-hydrogen) atoms. The summed E-state index contributed by atoms with van der Waals surface area (Å²) in [5.41, 5.74) is 0.397. The number of rotatable bonds is 3. The zero-order chi connectivity index (χ0) is 13.1. The van der Waals surface area contributed by atoms with Crippen molar-refractivity contribution >= 4 is 29.1 Å². The third-order valence-electron chi connectivity index (χ3n) is 2.94. The normalized spacial score (nSPS) is 20.7. The first-order valence-electron chi connectivity index (χ1n) is 5.81. The van der Waals surface area contributed by atoms with Gasteiger partial charge >= 0.3 is 0 Å². The van der Waals surface area contributed by atoms with E-state index < -0.39 is 0 Å². The third kappa shape index (κ3) is 3.13. The van der Waals surface area contributed by atoms with Crippen molar-refractivity contribution in [1.82, 2.24) is 10.3 Å². The second-order valence-electron chi connectivity index (χ2n) is 4.31. The number of halogens is 2. The number of nitrogens with one attached hydrogen (secondary N) is 1. The van der Waals surface area contributed by atoms with Crippen molar-refractivity contribution in [3.63, 3.8) is 0 Å². The van der Waals surface area contributed by atoms with Gasteiger partial charge in [-0.2, -0.15) is 0 Å². The van der Waals surface area contributed by atoms with Gasteiger partial charge in [0.1, 0.15) is 5.15 Å². The number of nitrogens with zero attached hydrogens (tertiary/aromatic N) is 1. The van der Waals surface area contributed by atoms with E-state index in [-0.39, 0.29) is 28.2 Å². The lowest BCUT2D eigenvalue weighted by Gasteiger charge is -2.19. The summed E-state index contributed by atoms with van der Waals surface area (Å²) in [5, 5.41) is 3.35. The minimum atomic E-state index is -0.218. The average Bonchev–Trinajstić information content (AvgIpc) is 2.86. The molecule has 1 aliphatic heterocycles. The molecule has 6 heteroatoms. The monoisotopic (exact) mass is 288 g/mol. The number of hydrogen-bond acceptors (Lipinski definition) is 3. The molecule has 2 rings (SSSR count). The molecule has 0 radical (unpaired) electrons. The van der Waals surface area contributed by atoms with Crippen LogP contribution in [-0.4, -0.2) is 29.6 Å². The SMILES string of the molecule is C[C@@H](NC(=O)c1cnc(Cl)c(Cl)c1)[C@@H]1CCCO1. The molecule has 4 nitrogen and oxygen atoms in total. The maximum atomic E-state index is 12.0. The van der Waals surface area contributed by atoms with E-state index in [0.29, 0.717) is 5.56 Å². The van der Waals surface area contributed by atoms with Crippen LogP contribution >= 0.6 is 23.2 Å². The lowest BCUT2D eigenvalue weighted by molar-refractivity contribution is 0.0712. The van der Waals surface area contributed by atoms with Crippen LogP contribution in [0.1, 0.15) is 30.1 Å². The number of carbonyl (C=O) groups excluding carboxylic acids is 1. The minimum Gasteiger partial charge on any atom is -0.376 e. The molecule has 98 valence electrons. The van der Waals surface area contributed by atoms with E-state index in [2.05, 4.69) is 10.3 Å². The molecule has 1 N–H and O–H groups in total. The van der Waals surface area contributed by atoms with Gasteiger partial charge in [-0.05, 0) is 25.8 Å². The van der Waals surface area contributed by atoms with E-state index in [1.54, 1.807) is 0 Å². The molecule has 1 fully saturated rings. The maximum Gasteiger partial charge on any atom is 0.253 e. The van der Waals surface area contributed by atoms with Gasteiger partial charge in [0, 0.05) is 12.8 Å². The summed E-state index contributed by atoms with van der Waals surface area (Å²) >= 11 is 11.5. The lowest BCUT2D eigenvalue weighted by Crippen LogP contribution is -2.40. The van der Waals surface area contributed by atoms with E-state index in [1.807, 2.05) is 6.92 Å². The van der Waals surface area contributed by atoms with Crippen LogP contribution in [-0.2, 0) is 4.74 Å². The van der Waals surface area contributed by atoms with Gasteiger partial charge in [0.25, 0.3) is 5.91 Å². The first kappa shape index (κ1) is 13.6. The second-order valence-corrected chi connectivity index (χ2v) is 5.08. The Morgan fingerprint density at radius 1 is 1.61 bits per heavy atom. The fourth-order valence-corrected chi connectivity index (χ4v) is 2.20. The van der Waals surface area contributed by atoms with Crippen LogP contribution in [0.4, 0.5) is 0 Å². The Morgan fingerprint density at radius 3 is 3.00 bits per heavy atom. The highest BCUT2D eigenvalue weighted by Gasteiger charge is 2.24. The van der Waals surface area contributed by atoms with Crippen molar-refractivity contribution in [3.8, 4) is 0 Å². The quantitative estimate of drug-likeness (QED) is 0.870. The third-order valence-corrected chi connectivity index (χ3v) is 3.63. The van der Waals surface area contributed by atoms with Crippen molar-refractivity contribution in [1.29, 1.82) is 0 Å². The molecule has 0 spiro atoms. The molecule has 1 aromatic rings. The van der Waals surface area contributed by atoms with Crippen LogP contribution in [0.25, 0.3) is 0 Å². The summed E-state index contributed by atoms with van der Waals surface area (Å²) in [6.45, 7) is 2.69. The van der Waals surface area contributed by atoms with Crippen LogP contribution in [0.5, 0.6) is 0 Å². The van der Waals surface area contributed by atoms with Crippen molar-refractivity contribution < 1.29 is 9.53 Å². The summed E-state index contributed by atoms with van der Waals surface area (Å²) in [6.07, 6.45) is 3.51. The lowest BCUT2D eigenvalue weighted by atomic mass is 10.1. The molecular weight excluding hydrogens is 275 g/mol. The summed E-state index contributed by atoms with van der Waals surface area (Å²) in [7, 11) is 0. The van der Waals surface area contributed by atoms with Crippen LogP contribution in [0.3, 0.4) is 0 Å². The van der Waals surface area contributed by atoms with Crippen molar-refractivity contribution in [2.45, 2.75) is 31.9 Å². The molecule has 2 heterocycles. The van der Waals surface area contributed by atoms with E-state index in [0.717, 1.165) is 19.4 Å².